The number of fused-ring (bicyclic) bond motifs is 1. The minimum atomic E-state index is -3.02. The third-order valence-electron chi connectivity index (χ3n) is 5.50. The average Bonchev–Trinajstić information content (AvgIpc) is 3.00. The van der Waals surface area contributed by atoms with Crippen LogP contribution in [-0.2, 0) is 16.3 Å². The Balaban J connectivity index is 1.75. The van der Waals surface area contributed by atoms with Crippen LogP contribution in [0.1, 0.15) is 24.4 Å². The minimum absolute atomic E-state index is 0.119. The van der Waals surface area contributed by atoms with Crippen LogP contribution < -0.4 is 5.73 Å². The summed E-state index contributed by atoms with van der Waals surface area (Å²) in [7, 11) is -3.02. The van der Waals surface area contributed by atoms with Crippen LogP contribution in [0.25, 0.3) is 22.2 Å². The Morgan fingerprint density at radius 2 is 2.07 bits per heavy atom. The van der Waals surface area contributed by atoms with Gasteiger partial charge in [0.05, 0.1) is 11.1 Å². The number of aromatic nitrogens is 3. The lowest BCUT2D eigenvalue weighted by atomic mass is 9.81. The van der Waals surface area contributed by atoms with Crippen LogP contribution >= 0.6 is 0 Å². The summed E-state index contributed by atoms with van der Waals surface area (Å²) >= 11 is 0. The first-order valence-electron chi connectivity index (χ1n) is 9.34. The summed E-state index contributed by atoms with van der Waals surface area (Å²) in [5.41, 5.74) is 9.86. The molecule has 0 bridgehead atoms. The second-order valence-corrected chi connectivity index (χ2v) is 9.92. The van der Waals surface area contributed by atoms with Crippen LogP contribution in [-0.4, -0.2) is 46.7 Å². The van der Waals surface area contributed by atoms with Crippen molar-refractivity contribution in [2.45, 2.75) is 25.3 Å². The molecule has 1 aliphatic rings. The molecule has 1 aliphatic carbocycles. The van der Waals surface area contributed by atoms with Crippen molar-refractivity contribution < 1.29 is 13.5 Å². The van der Waals surface area contributed by atoms with Gasteiger partial charge in [0.2, 0.25) is 0 Å². The summed E-state index contributed by atoms with van der Waals surface area (Å²) in [6, 6.07) is 8.16. The van der Waals surface area contributed by atoms with E-state index in [-0.39, 0.29) is 18.4 Å². The number of nitrogens with two attached hydrogens (primary N) is 1. The van der Waals surface area contributed by atoms with Gasteiger partial charge in [0.25, 0.3) is 0 Å². The van der Waals surface area contributed by atoms with Crippen LogP contribution in [0.3, 0.4) is 0 Å². The summed E-state index contributed by atoms with van der Waals surface area (Å²) in [4.78, 5) is 8.63. The SMILES string of the molecule is CS(=O)(=O)CCc1cccc(-c2cn(C3CC(CO)C3)c3ncnc(N)c23)c1. The predicted molar refractivity (Wildman–Crippen MR) is 110 cm³/mol. The molecule has 0 atom stereocenters. The Kier molecular flexibility index (Phi) is 4.84. The molecule has 28 heavy (non-hydrogen) atoms. The lowest BCUT2D eigenvalue weighted by Crippen LogP contribution is -2.28. The first-order valence-corrected chi connectivity index (χ1v) is 11.4. The van der Waals surface area contributed by atoms with Gasteiger partial charge in [-0.05, 0) is 36.3 Å². The molecule has 1 fully saturated rings. The number of hydrogen-bond donors (Lipinski definition) is 2. The van der Waals surface area contributed by atoms with Crippen molar-refractivity contribution in [1.29, 1.82) is 0 Å². The maximum absolute atomic E-state index is 11.5. The first-order chi connectivity index (χ1) is 13.4. The number of anilines is 1. The fraction of sp³-hybridized carbons (Fsp3) is 0.400. The maximum Gasteiger partial charge on any atom is 0.147 e. The lowest BCUT2D eigenvalue weighted by molar-refractivity contribution is 0.114. The van der Waals surface area contributed by atoms with E-state index in [4.69, 9.17) is 5.73 Å². The molecule has 0 unspecified atom stereocenters. The number of rotatable bonds is 6. The van der Waals surface area contributed by atoms with Gasteiger partial charge in [0, 0.05) is 30.7 Å². The second kappa shape index (κ2) is 7.18. The summed E-state index contributed by atoms with van der Waals surface area (Å²) < 4.78 is 25.1. The zero-order valence-corrected chi connectivity index (χ0v) is 16.6. The van der Waals surface area contributed by atoms with Gasteiger partial charge >= 0.3 is 0 Å². The molecule has 0 saturated heterocycles. The van der Waals surface area contributed by atoms with Crippen molar-refractivity contribution in [2.24, 2.45) is 5.92 Å². The van der Waals surface area contributed by atoms with Gasteiger partial charge < -0.3 is 15.4 Å². The van der Waals surface area contributed by atoms with E-state index in [9.17, 15) is 13.5 Å². The number of aliphatic hydroxyl groups is 1. The van der Waals surface area contributed by atoms with E-state index < -0.39 is 9.84 Å². The Labute approximate surface area is 164 Å². The zero-order valence-electron chi connectivity index (χ0n) is 15.7. The first kappa shape index (κ1) is 18.9. The van der Waals surface area contributed by atoms with Gasteiger partial charge in [-0.2, -0.15) is 0 Å². The summed E-state index contributed by atoms with van der Waals surface area (Å²) in [6.45, 7) is 0.210. The number of nitrogen functional groups attached to an aromatic ring is 1. The van der Waals surface area contributed by atoms with Crippen LogP contribution in [0, 0.1) is 5.92 Å². The Morgan fingerprint density at radius 1 is 1.29 bits per heavy atom. The highest BCUT2D eigenvalue weighted by Crippen LogP contribution is 2.42. The van der Waals surface area contributed by atoms with Crippen LogP contribution in [0.5, 0.6) is 0 Å². The fourth-order valence-corrected chi connectivity index (χ4v) is 4.49. The summed E-state index contributed by atoms with van der Waals surface area (Å²) in [5.74, 6) is 0.886. The third kappa shape index (κ3) is 3.62. The molecule has 0 amide bonds. The zero-order chi connectivity index (χ0) is 19.9. The predicted octanol–water partition coefficient (Wildman–Crippen LogP) is 2.21. The topological polar surface area (TPSA) is 111 Å². The van der Waals surface area contributed by atoms with Crippen molar-refractivity contribution in [3.8, 4) is 11.1 Å². The van der Waals surface area contributed by atoms with Gasteiger partial charge in [0.1, 0.15) is 27.6 Å². The number of nitrogens with zero attached hydrogens (tertiary/aromatic N) is 3. The third-order valence-corrected chi connectivity index (χ3v) is 6.45. The van der Waals surface area contributed by atoms with Gasteiger partial charge in [-0.1, -0.05) is 24.3 Å². The number of sulfone groups is 1. The van der Waals surface area contributed by atoms with E-state index in [1.165, 1.54) is 12.6 Å². The molecule has 0 spiro atoms. The number of hydrogen-bond acceptors (Lipinski definition) is 6. The Morgan fingerprint density at radius 3 is 2.79 bits per heavy atom. The van der Waals surface area contributed by atoms with Gasteiger partial charge in [0.15, 0.2) is 0 Å². The maximum atomic E-state index is 11.5. The standard InChI is InChI=1S/C20H24N4O3S/c1-28(26,27)6-5-13-3-2-4-15(7-13)17-10-24(16-8-14(9-16)11-25)20-18(17)19(21)22-12-23-20/h2-4,7,10,12,14,16,25H,5-6,8-9,11H2,1H3,(H2,21,22,23). The Hall–Kier alpha value is -2.45. The monoisotopic (exact) mass is 400 g/mol. The van der Waals surface area contributed by atoms with Crippen LogP contribution in [0.2, 0.25) is 0 Å². The van der Waals surface area contributed by atoms with Gasteiger partial charge in [-0.25, -0.2) is 18.4 Å². The molecule has 0 radical (unpaired) electrons. The summed E-state index contributed by atoms with van der Waals surface area (Å²) in [5, 5.41) is 10.1. The molecule has 2 aromatic heterocycles. The largest absolute Gasteiger partial charge is 0.396 e. The van der Waals surface area contributed by atoms with E-state index in [1.807, 2.05) is 24.3 Å². The molecule has 1 aromatic carbocycles. The van der Waals surface area contributed by atoms with E-state index >= 15 is 0 Å². The van der Waals surface area contributed by atoms with E-state index in [2.05, 4.69) is 20.7 Å². The molecule has 7 nitrogen and oxygen atoms in total. The van der Waals surface area contributed by atoms with Gasteiger partial charge in [-0.15, -0.1) is 0 Å². The molecule has 8 heteroatoms. The van der Waals surface area contributed by atoms with Crippen LogP contribution in [0.4, 0.5) is 5.82 Å². The molecule has 0 aliphatic heterocycles. The van der Waals surface area contributed by atoms with Crippen molar-refractivity contribution in [2.75, 3.05) is 24.3 Å². The molecule has 4 rings (SSSR count). The van der Waals surface area contributed by atoms with E-state index in [0.717, 1.165) is 40.6 Å². The lowest BCUT2D eigenvalue weighted by Gasteiger charge is -2.35. The average molecular weight is 401 g/mol. The van der Waals surface area contributed by atoms with Gasteiger partial charge in [-0.3, -0.25) is 0 Å². The molecule has 1 saturated carbocycles. The Bertz CT molecular complexity index is 1120. The highest BCUT2D eigenvalue weighted by molar-refractivity contribution is 7.90. The molecular weight excluding hydrogens is 376 g/mol. The second-order valence-electron chi connectivity index (χ2n) is 7.66. The molecule has 148 valence electrons. The number of benzene rings is 1. The normalized spacial score (nSPS) is 19.6. The summed E-state index contributed by atoms with van der Waals surface area (Å²) in [6.07, 6.45) is 7.08. The van der Waals surface area contributed by atoms with E-state index in [0.29, 0.717) is 18.2 Å². The fourth-order valence-electron chi connectivity index (χ4n) is 3.88. The number of aliphatic hydroxyl groups excluding tert-OH is 1. The molecular formula is C20H24N4O3S. The highest BCUT2D eigenvalue weighted by atomic mass is 32.2. The number of aryl methyl sites for hydroxylation is 1. The van der Waals surface area contributed by atoms with Crippen molar-refractivity contribution in [3.63, 3.8) is 0 Å². The van der Waals surface area contributed by atoms with Crippen molar-refractivity contribution >= 4 is 26.7 Å². The molecule has 3 N–H and O–H groups in total. The van der Waals surface area contributed by atoms with E-state index in [1.54, 1.807) is 0 Å². The molecule has 2 heterocycles. The smallest absolute Gasteiger partial charge is 0.147 e. The molecule has 3 aromatic rings. The quantitative estimate of drug-likeness (QED) is 0.656. The van der Waals surface area contributed by atoms with Crippen molar-refractivity contribution in [3.05, 3.63) is 42.4 Å². The highest BCUT2D eigenvalue weighted by Gasteiger charge is 2.32. The van der Waals surface area contributed by atoms with Crippen LogP contribution in [0.15, 0.2) is 36.8 Å². The minimum Gasteiger partial charge on any atom is -0.396 e. The van der Waals surface area contributed by atoms with Crippen molar-refractivity contribution in [1.82, 2.24) is 14.5 Å².